The first-order valence-corrected chi connectivity index (χ1v) is 10.7. The van der Waals surface area contributed by atoms with Gasteiger partial charge in [0.25, 0.3) is 11.8 Å². The second kappa shape index (κ2) is 10.6. The quantitative estimate of drug-likeness (QED) is 0.381. The summed E-state index contributed by atoms with van der Waals surface area (Å²) in [5.41, 5.74) is -1.83. The highest BCUT2D eigenvalue weighted by molar-refractivity contribution is 6.54. The molecule has 1 saturated heterocycles. The summed E-state index contributed by atoms with van der Waals surface area (Å²) < 4.78 is 80.3. The molecule has 0 aromatic carbocycles. The smallest absolute Gasteiger partial charge is 0.352 e. The molecule has 0 radical (unpaired) electrons. The monoisotopic (exact) mass is 517 g/mol. The highest BCUT2D eigenvalue weighted by Gasteiger charge is 2.47. The number of quaternary nitrogens is 1. The molecule has 194 valence electrons. The third kappa shape index (κ3) is 6.33. The Hall–Kier alpha value is -3.62. The SMILES string of the molecule is C[NH2+]C=C(C(=N)C(=O)N1CC(F)(F)CC(C)C1CNc1ncc(C(F)(F)F)cn1)c1ncc(F)cn1. The van der Waals surface area contributed by atoms with Crippen LogP contribution in [0.3, 0.4) is 0 Å². The number of carbonyl (C=O) groups is 1. The maximum Gasteiger partial charge on any atom is 0.419 e. The van der Waals surface area contributed by atoms with Gasteiger partial charge in [-0.15, -0.1) is 0 Å². The van der Waals surface area contributed by atoms with Gasteiger partial charge in [0, 0.05) is 25.4 Å². The minimum atomic E-state index is -4.62. The Morgan fingerprint density at radius 3 is 2.39 bits per heavy atom. The molecular formula is C21H23F6N8O+. The van der Waals surface area contributed by atoms with Gasteiger partial charge in [0.15, 0.2) is 11.6 Å². The van der Waals surface area contributed by atoms with Crippen LogP contribution >= 0.6 is 0 Å². The van der Waals surface area contributed by atoms with E-state index < -0.39 is 60.0 Å². The van der Waals surface area contributed by atoms with Crippen LogP contribution in [-0.4, -0.2) is 68.6 Å². The lowest BCUT2D eigenvalue weighted by atomic mass is 9.87. The first-order chi connectivity index (χ1) is 16.8. The lowest BCUT2D eigenvalue weighted by Gasteiger charge is -2.43. The molecule has 3 rings (SSSR count). The number of rotatable bonds is 7. The molecule has 2 aromatic rings. The van der Waals surface area contributed by atoms with Crippen LogP contribution in [0.15, 0.2) is 31.0 Å². The van der Waals surface area contributed by atoms with Gasteiger partial charge in [-0.3, -0.25) is 10.2 Å². The van der Waals surface area contributed by atoms with Crippen molar-refractivity contribution in [1.29, 1.82) is 5.41 Å². The summed E-state index contributed by atoms with van der Waals surface area (Å²) in [6.45, 7) is 0.358. The van der Waals surface area contributed by atoms with Crippen LogP contribution in [0, 0.1) is 17.1 Å². The van der Waals surface area contributed by atoms with Crippen molar-refractivity contribution in [1.82, 2.24) is 24.8 Å². The molecular weight excluding hydrogens is 494 g/mol. The van der Waals surface area contributed by atoms with E-state index in [1.807, 2.05) is 0 Å². The van der Waals surface area contributed by atoms with E-state index in [1.165, 1.54) is 18.4 Å². The molecule has 36 heavy (non-hydrogen) atoms. The fourth-order valence-electron chi connectivity index (χ4n) is 3.79. The molecule has 0 saturated carbocycles. The zero-order valence-corrected chi connectivity index (χ0v) is 19.2. The number of anilines is 1. The molecule has 2 aromatic heterocycles. The average Bonchev–Trinajstić information content (AvgIpc) is 2.80. The number of aromatic nitrogens is 4. The summed E-state index contributed by atoms with van der Waals surface area (Å²) in [5.74, 6) is -6.09. The summed E-state index contributed by atoms with van der Waals surface area (Å²) >= 11 is 0. The van der Waals surface area contributed by atoms with Gasteiger partial charge in [-0.25, -0.2) is 33.1 Å². The van der Waals surface area contributed by atoms with Crippen LogP contribution < -0.4 is 10.6 Å². The molecule has 0 spiro atoms. The van der Waals surface area contributed by atoms with Crippen molar-refractivity contribution in [2.45, 2.75) is 31.5 Å². The number of nitrogens with one attached hydrogen (secondary N) is 2. The number of nitrogens with zero attached hydrogens (tertiary/aromatic N) is 5. The Balaban J connectivity index is 1.84. The van der Waals surface area contributed by atoms with Gasteiger partial charge < -0.3 is 15.5 Å². The molecule has 4 N–H and O–H groups in total. The number of hydrogen-bond donors (Lipinski definition) is 3. The van der Waals surface area contributed by atoms with Gasteiger partial charge in [0.1, 0.15) is 17.5 Å². The molecule has 0 bridgehead atoms. The third-order valence-electron chi connectivity index (χ3n) is 5.47. The standard InChI is InChI=1S/C21H22F6N8O/c1-11-3-20(23,24)10-35(15(11)9-34-19-32-4-12(5-33-19)21(25,26)27)18(36)16(28)14(8-29-2)17-30-6-13(22)7-31-17/h4-8,11,15,28-29H,3,9-10H2,1-2H3,(H,32,33,34)/p+1. The topological polar surface area (TPSA) is 124 Å². The molecule has 1 fully saturated rings. The highest BCUT2D eigenvalue weighted by atomic mass is 19.4. The number of amides is 1. The lowest BCUT2D eigenvalue weighted by molar-refractivity contribution is -0.555. The van der Waals surface area contributed by atoms with Crippen molar-refractivity contribution in [3.63, 3.8) is 0 Å². The second-order valence-electron chi connectivity index (χ2n) is 8.23. The predicted octanol–water partition coefficient (Wildman–Crippen LogP) is 1.96. The van der Waals surface area contributed by atoms with Crippen LogP contribution in [0.25, 0.3) is 5.57 Å². The minimum Gasteiger partial charge on any atom is -0.352 e. The largest absolute Gasteiger partial charge is 0.419 e. The number of alkyl halides is 5. The van der Waals surface area contributed by atoms with E-state index in [2.05, 4.69) is 25.3 Å². The summed E-state index contributed by atoms with van der Waals surface area (Å²) in [6.07, 6.45) is -0.990. The maximum atomic E-state index is 14.4. The van der Waals surface area contributed by atoms with E-state index in [-0.39, 0.29) is 23.9 Å². The molecule has 9 nitrogen and oxygen atoms in total. The van der Waals surface area contributed by atoms with Crippen molar-refractivity contribution < 1.29 is 36.5 Å². The van der Waals surface area contributed by atoms with Gasteiger partial charge in [-0.05, 0) is 5.92 Å². The van der Waals surface area contributed by atoms with E-state index in [0.717, 1.165) is 17.3 Å². The van der Waals surface area contributed by atoms with E-state index in [0.29, 0.717) is 12.4 Å². The predicted molar refractivity (Wildman–Crippen MR) is 115 cm³/mol. The third-order valence-corrected chi connectivity index (χ3v) is 5.47. The van der Waals surface area contributed by atoms with Crippen molar-refractivity contribution in [2.75, 3.05) is 25.5 Å². The molecule has 2 unspecified atom stereocenters. The molecule has 3 heterocycles. The first-order valence-electron chi connectivity index (χ1n) is 10.7. The Morgan fingerprint density at radius 2 is 1.83 bits per heavy atom. The Bertz CT molecular complexity index is 1120. The summed E-state index contributed by atoms with van der Waals surface area (Å²) in [4.78, 5) is 28.8. The molecule has 15 heteroatoms. The number of carbonyl (C=O) groups excluding carboxylic acids is 1. The number of likely N-dealkylation sites (tertiary alicyclic amines) is 1. The summed E-state index contributed by atoms with van der Waals surface area (Å²) in [6, 6.07) is -0.871. The zero-order valence-electron chi connectivity index (χ0n) is 19.2. The Labute approximate surface area is 201 Å². The second-order valence-corrected chi connectivity index (χ2v) is 8.23. The summed E-state index contributed by atoms with van der Waals surface area (Å²) in [5, 5.41) is 12.6. The molecule has 1 aliphatic heterocycles. The fraction of sp³-hybridized carbons (Fsp3) is 0.429. The van der Waals surface area contributed by atoms with Crippen LogP contribution in [0.4, 0.5) is 32.3 Å². The maximum absolute atomic E-state index is 14.4. The average molecular weight is 517 g/mol. The first kappa shape index (κ1) is 27.0. The fourth-order valence-corrected chi connectivity index (χ4v) is 3.79. The Kier molecular flexibility index (Phi) is 7.91. The highest BCUT2D eigenvalue weighted by Crippen LogP contribution is 2.35. The van der Waals surface area contributed by atoms with Crippen LogP contribution in [-0.2, 0) is 11.0 Å². The van der Waals surface area contributed by atoms with Crippen LogP contribution in [0.2, 0.25) is 0 Å². The number of halogens is 6. The van der Waals surface area contributed by atoms with Gasteiger partial charge in [0.2, 0.25) is 5.95 Å². The van der Waals surface area contributed by atoms with E-state index in [4.69, 9.17) is 5.41 Å². The molecule has 2 atom stereocenters. The van der Waals surface area contributed by atoms with Crippen molar-refractivity contribution in [3.8, 4) is 0 Å². The van der Waals surface area contributed by atoms with E-state index >= 15 is 0 Å². The Morgan fingerprint density at radius 1 is 1.22 bits per heavy atom. The van der Waals surface area contributed by atoms with E-state index in [9.17, 15) is 31.1 Å². The molecule has 0 aliphatic carbocycles. The number of piperidine rings is 1. The van der Waals surface area contributed by atoms with Gasteiger partial charge in [0.05, 0.1) is 37.6 Å². The zero-order chi connectivity index (χ0) is 26.7. The summed E-state index contributed by atoms with van der Waals surface area (Å²) in [7, 11) is 1.59. The lowest BCUT2D eigenvalue weighted by Crippen LogP contribution is -2.73. The van der Waals surface area contributed by atoms with Gasteiger partial charge in [-0.1, -0.05) is 6.92 Å². The van der Waals surface area contributed by atoms with Crippen molar-refractivity contribution >= 4 is 23.1 Å². The molecule has 1 amide bonds. The normalized spacial score (nSPS) is 20.2. The van der Waals surface area contributed by atoms with Crippen LogP contribution in [0.5, 0.6) is 0 Å². The van der Waals surface area contributed by atoms with Gasteiger partial charge >= 0.3 is 6.18 Å². The molecule has 1 aliphatic rings. The van der Waals surface area contributed by atoms with Crippen LogP contribution in [0.1, 0.15) is 24.7 Å². The number of hydrogen-bond acceptors (Lipinski definition) is 7. The van der Waals surface area contributed by atoms with Crippen molar-refractivity contribution in [3.05, 3.63) is 48.2 Å². The van der Waals surface area contributed by atoms with E-state index in [1.54, 1.807) is 7.05 Å². The minimum absolute atomic E-state index is 0.0955. The number of nitrogens with two attached hydrogens (primary N) is 1. The van der Waals surface area contributed by atoms with Crippen molar-refractivity contribution in [2.24, 2.45) is 5.92 Å². The van der Waals surface area contributed by atoms with Gasteiger partial charge in [-0.2, -0.15) is 13.2 Å².